The zero-order chi connectivity index (χ0) is 12.0. The zero-order valence-corrected chi connectivity index (χ0v) is 10.2. The van der Waals surface area contributed by atoms with Crippen LogP contribution in [0.2, 0.25) is 0 Å². The normalized spacial score (nSPS) is 14.8. The number of hydrogen-bond donors (Lipinski definition) is 1. The minimum Gasteiger partial charge on any atom is -0.380 e. The monoisotopic (exact) mass is 225 g/mol. The van der Waals surface area contributed by atoms with Crippen LogP contribution in [0.4, 0.5) is 4.39 Å². The van der Waals surface area contributed by atoms with Crippen molar-refractivity contribution in [2.24, 2.45) is 0 Å². The highest BCUT2D eigenvalue weighted by Gasteiger charge is 2.12. The molecule has 3 heteroatoms. The van der Waals surface area contributed by atoms with Gasteiger partial charge in [-0.15, -0.1) is 0 Å². The summed E-state index contributed by atoms with van der Waals surface area (Å²) >= 11 is 0. The Hall–Kier alpha value is -0.930. The second kappa shape index (κ2) is 6.61. The van der Waals surface area contributed by atoms with Gasteiger partial charge in [0.2, 0.25) is 0 Å². The van der Waals surface area contributed by atoms with Crippen LogP contribution in [-0.2, 0) is 4.74 Å². The average Bonchev–Trinajstić information content (AvgIpc) is 2.26. The second-order valence-electron chi connectivity index (χ2n) is 3.97. The fourth-order valence-electron chi connectivity index (χ4n) is 1.69. The molecule has 2 nitrogen and oxygen atoms in total. The topological polar surface area (TPSA) is 21.3 Å². The largest absolute Gasteiger partial charge is 0.380 e. The van der Waals surface area contributed by atoms with Crippen molar-refractivity contribution in [3.05, 3.63) is 35.6 Å². The van der Waals surface area contributed by atoms with Crippen molar-refractivity contribution in [2.45, 2.75) is 32.9 Å². The minimum atomic E-state index is -0.161. The number of nitrogens with one attached hydrogen (secondary N) is 1. The van der Waals surface area contributed by atoms with Gasteiger partial charge in [-0.2, -0.15) is 0 Å². The van der Waals surface area contributed by atoms with E-state index in [4.69, 9.17) is 4.74 Å². The third-order valence-electron chi connectivity index (χ3n) is 2.48. The number of ether oxygens (including phenoxy) is 1. The van der Waals surface area contributed by atoms with Crippen molar-refractivity contribution >= 4 is 0 Å². The molecule has 16 heavy (non-hydrogen) atoms. The van der Waals surface area contributed by atoms with Gasteiger partial charge in [0.15, 0.2) is 0 Å². The van der Waals surface area contributed by atoms with E-state index < -0.39 is 0 Å². The summed E-state index contributed by atoms with van der Waals surface area (Å²) in [6.45, 7) is 7.32. The van der Waals surface area contributed by atoms with E-state index in [1.165, 1.54) is 6.07 Å². The summed E-state index contributed by atoms with van der Waals surface area (Å²) in [6.07, 6.45) is 0. The van der Waals surface area contributed by atoms with Gasteiger partial charge >= 0.3 is 0 Å². The van der Waals surface area contributed by atoms with Crippen LogP contribution in [0, 0.1) is 5.82 Å². The molecule has 0 fully saturated rings. The summed E-state index contributed by atoms with van der Waals surface area (Å²) in [7, 11) is 0. The van der Waals surface area contributed by atoms with E-state index >= 15 is 0 Å². The Morgan fingerprint density at radius 3 is 2.62 bits per heavy atom. The summed E-state index contributed by atoms with van der Waals surface area (Å²) in [6, 6.07) is 7.06. The van der Waals surface area contributed by atoms with Crippen molar-refractivity contribution < 1.29 is 9.13 Å². The van der Waals surface area contributed by atoms with Gasteiger partial charge in [-0.05, 0) is 26.8 Å². The van der Waals surface area contributed by atoms with E-state index in [-0.39, 0.29) is 17.9 Å². The molecular weight excluding hydrogens is 205 g/mol. The molecule has 0 heterocycles. The van der Waals surface area contributed by atoms with Crippen LogP contribution in [0.5, 0.6) is 0 Å². The minimum absolute atomic E-state index is 0.00310. The van der Waals surface area contributed by atoms with Gasteiger partial charge in [-0.1, -0.05) is 18.2 Å². The van der Waals surface area contributed by atoms with Gasteiger partial charge in [0.05, 0.1) is 6.61 Å². The molecule has 0 aromatic heterocycles. The summed E-state index contributed by atoms with van der Waals surface area (Å²) in [5, 5.41) is 3.31. The molecule has 0 amide bonds. The van der Waals surface area contributed by atoms with E-state index in [0.29, 0.717) is 18.8 Å². The third-order valence-corrected chi connectivity index (χ3v) is 2.48. The molecule has 0 aliphatic heterocycles. The first-order chi connectivity index (χ1) is 7.65. The summed E-state index contributed by atoms with van der Waals surface area (Å²) in [5.74, 6) is -0.161. The van der Waals surface area contributed by atoms with Crippen molar-refractivity contribution in [3.8, 4) is 0 Å². The lowest BCUT2D eigenvalue weighted by Crippen LogP contribution is -2.33. The van der Waals surface area contributed by atoms with Gasteiger partial charge < -0.3 is 10.1 Å². The van der Waals surface area contributed by atoms with Crippen LogP contribution in [0.25, 0.3) is 0 Å². The zero-order valence-electron chi connectivity index (χ0n) is 10.2. The second-order valence-corrected chi connectivity index (χ2v) is 3.97. The first kappa shape index (κ1) is 13.1. The first-order valence-corrected chi connectivity index (χ1v) is 5.73. The molecule has 0 spiro atoms. The lowest BCUT2D eigenvalue weighted by molar-refractivity contribution is 0.124. The molecule has 0 saturated carbocycles. The van der Waals surface area contributed by atoms with Crippen molar-refractivity contribution in [2.75, 3.05) is 13.2 Å². The van der Waals surface area contributed by atoms with E-state index in [1.54, 1.807) is 12.1 Å². The number of benzene rings is 1. The maximum absolute atomic E-state index is 13.5. The van der Waals surface area contributed by atoms with Gasteiger partial charge in [0.1, 0.15) is 5.82 Å². The fourth-order valence-corrected chi connectivity index (χ4v) is 1.69. The molecule has 0 saturated heterocycles. The predicted octanol–water partition coefficient (Wildman–Crippen LogP) is 2.90. The average molecular weight is 225 g/mol. The molecule has 1 unspecified atom stereocenters. The lowest BCUT2D eigenvalue weighted by atomic mass is 10.1. The Kier molecular flexibility index (Phi) is 5.43. The smallest absolute Gasteiger partial charge is 0.127 e. The molecule has 0 radical (unpaired) electrons. The number of halogens is 1. The maximum Gasteiger partial charge on any atom is 0.127 e. The summed E-state index contributed by atoms with van der Waals surface area (Å²) in [5.41, 5.74) is 0.700. The van der Waals surface area contributed by atoms with Crippen molar-refractivity contribution in [1.82, 2.24) is 5.32 Å². The molecule has 1 aromatic rings. The summed E-state index contributed by atoms with van der Waals surface area (Å²) < 4.78 is 18.8. The van der Waals surface area contributed by atoms with Crippen molar-refractivity contribution in [1.29, 1.82) is 0 Å². The van der Waals surface area contributed by atoms with Crippen LogP contribution in [0.15, 0.2) is 24.3 Å². The Labute approximate surface area is 96.8 Å². The van der Waals surface area contributed by atoms with Gasteiger partial charge in [0.25, 0.3) is 0 Å². The fraction of sp³-hybridized carbons (Fsp3) is 0.538. The van der Waals surface area contributed by atoms with E-state index in [0.717, 1.165) is 0 Å². The van der Waals surface area contributed by atoms with E-state index in [1.807, 2.05) is 26.8 Å². The Morgan fingerprint density at radius 1 is 1.31 bits per heavy atom. The molecule has 0 aliphatic rings. The van der Waals surface area contributed by atoms with Crippen LogP contribution in [0.3, 0.4) is 0 Å². The van der Waals surface area contributed by atoms with Gasteiger partial charge in [-0.3, -0.25) is 0 Å². The van der Waals surface area contributed by atoms with Crippen molar-refractivity contribution in [3.63, 3.8) is 0 Å². The Morgan fingerprint density at radius 2 is 2.00 bits per heavy atom. The maximum atomic E-state index is 13.5. The molecule has 0 bridgehead atoms. The highest BCUT2D eigenvalue weighted by Crippen LogP contribution is 2.16. The van der Waals surface area contributed by atoms with E-state index in [2.05, 4.69) is 5.32 Å². The standard InChI is InChI=1S/C13H20FNO/c1-4-16-9-10(2)15-11(3)12-7-5-6-8-13(12)14/h5-8,10-11,15H,4,9H2,1-3H3/t10?,11-/m1/s1. The Balaban J connectivity index is 2.52. The molecular formula is C13H20FNO. The van der Waals surface area contributed by atoms with Crippen LogP contribution >= 0.6 is 0 Å². The molecule has 1 aromatic carbocycles. The summed E-state index contributed by atoms with van der Waals surface area (Å²) in [4.78, 5) is 0. The van der Waals surface area contributed by atoms with E-state index in [9.17, 15) is 4.39 Å². The molecule has 0 aliphatic carbocycles. The molecule has 1 N–H and O–H groups in total. The SMILES string of the molecule is CCOCC(C)N[C@H](C)c1ccccc1F. The number of rotatable bonds is 6. The number of hydrogen-bond acceptors (Lipinski definition) is 2. The highest BCUT2D eigenvalue weighted by molar-refractivity contribution is 5.20. The molecule has 1 rings (SSSR count). The van der Waals surface area contributed by atoms with Crippen LogP contribution in [-0.4, -0.2) is 19.3 Å². The van der Waals surface area contributed by atoms with Gasteiger partial charge in [-0.25, -0.2) is 4.39 Å². The van der Waals surface area contributed by atoms with Crippen LogP contribution in [0.1, 0.15) is 32.4 Å². The molecule has 2 atom stereocenters. The highest BCUT2D eigenvalue weighted by atomic mass is 19.1. The lowest BCUT2D eigenvalue weighted by Gasteiger charge is -2.20. The Bertz CT molecular complexity index is 317. The van der Waals surface area contributed by atoms with Crippen LogP contribution < -0.4 is 5.32 Å². The first-order valence-electron chi connectivity index (χ1n) is 5.73. The molecule has 90 valence electrons. The predicted molar refractivity (Wildman–Crippen MR) is 63.9 cm³/mol. The quantitative estimate of drug-likeness (QED) is 0.803. The van der Waals surface area contributed by atoms with Gasteiger partial charge in [0, 0.05) is 24.3 Å². The third kappa shape index (κ3) is 3.91.